The first-order valence-corrected chi connectivity index (χ1v) is 6.38. The molecule has 2 amide bonds. The highest BCUT2D eigenvalue weighted by molar-refractivity contribution is 6.35. The van der Waals surface area contributed by atoms with Crippen LogP contribution < -0.4 is 10.2 Å². The average Bonchev–Trinajstić information content (AvgIpc) is 2.83. The molecular weight excluding hydrogens is 275 g/mol. The monoisotopic (exact) mass is 284 g/mol. The number of benzene rings is 1. The normalized spacial score (nSPS) is 26.9. The summed E-state index contributed by atoms with van der Waals surface area (Å²) in [6.07, 6.45) is 0. The topological polar surface area (TPSA) is 49.4 Å². The van der Waals surface area contributed by atoms with Crippen LogP contribution in [0.4, 0.5) is 5.69 Å². The third-order valence-electron chi connectivity index (χ3n) is 3.39. The van der Waals surface area contributed by atoms with E-state index < -0.39 is 0 Å². The van der Waals surface area contributed by atoms with E-state index >= 15 is 0 Å². The number of imide groups is 1. The van der Waals surface area contributed by atoms with E-state index in [0.717, 1.165) is 0 Å². The van der Waals surface area contributed by atoms with Gasteiger partial charge in [0, 0.05) is 23.1 Å². The van der Waals surface area contributed by atoms with E-state index in [9.17, 15) is 9.59 Å². The van der Waals surface area contributed by atoms with Crippen LogP contribution in [0.5, 0.6) is 0 Å². The van der Waals surface area contributed by atoms with Crippen LogP contribution in [-0.2, 0) is 9.59 Å². The number of nitrogens with one attached hydrogen (secondary N) is 1. The summed E-state index contributed by atoms with van der Waals surface area (Å²) < 4.78 is 0. The minimum absolute atomic E-state index is 0.173. The Morgan fingerprint density at radius 2 is 1.50 bits per heavy atom. The zero-order valence-corrected chi connectivity index (χ0v) is 10.8. The number of halogens is 2. The number of nitrogens with zero attached hydrogens (tertiary/aromatic N) is 1. The van der Waals surface area contributed by atoms with Gasteiger partial charge >= 0.3 is 0 Å². The first kappa shape index (κ1) is 12.0. The molecule has 6 heteroatoms. The number of anilines is 1. The number of amides is 2. The molecule has 1 aromatic carbocycles. The number of hydrogen-bond acceptors (Lipinski definition) is 3. The molecule has 1 N–H and O–H groups in total. The van der Waals surface area contributed by atoms with Crippen molar-refractivity contribution in [3.63, 3.8) is 0 Å². The highest BCUT2D eigenvalue weighted by atomic mass is 35.5. The van der Waals surface area contributed by atoms with Crippen LogP contribution in [0, 0.1) is 11.8 Å². The molecule has 3 rings (SSSR count). The molecule has 94 valence electrons. The summed E-state index contributed by atoms with van der Waals surface area (Å²) in [4.78, 5) is 25.6. The maximum absolute atomic E-state index is 12.2. The summed E-state index contributed by atoms with van der Waals surface area (Å²) in [7, 11) is 0. The SMILES string of the molecule is O=C1[C@H]2CNC[C@H]2C(=O)N1c1cc(Cl)cc(Cl)c1. The quantitative estimate of drug-likeness (QED) is 0.799. The van der Waals surface area contributed by atoms with E-state index in [4.69, 9.17) is 23.2 Å². The van der Waals surface area contributed by atoms with Gasteiger partial charge in [-0.05, 0) is 18.2 Å². The lowest BCUT2D eigenvalue weighted by atomic mass is 10.00. The molecule has 2 aliphatic rings. The summed E-state index contributed by atoms with van der Waals surface area (Å²) in [6.45, 7) is 1.11. The molecular formula is C12H10Cl2N2O2. The van der Waals surface area contributed by atoms with Crippen LogP contribution in [0.15, 0.2) is 18.2 Å². The fraction of sp³-hybridized carbons (Fsp3) is 0.333. The molecule has 18 heavy (non-hydrogen) atoms. The number of carbonyl (C=O) groups is 2. The zero-order chi connectivity index (χ0) is 12.9. The van der Waals surface area contributed by atoms with Crippen molar-refractivity contribution >= 4 is 40.7 Å². The number of rotatable bonds is 1. The second kappa shape index (κ2) is 4.23. The standard InChI is InChI=1S/C12H10Cl2N2O2/c13-6-1-7(14)3-8(2-6)16-11(17)9-4-15-5-10(9)12(16)18/h1-3,9-10,15H,4-5H2/t9-,10+. The van der Waals surface area contributed by atoms with E-state index in [1.807, 2.05) is 0 Å². The molecule has 0 aliphatic carbocycles. The molecule has 0 radical (unpaired) electrons. The van der Waals surface area contributed by atoms with Gasteiger partial charge in [-0.3, -0.25) is 9.59 Å². The second-order valence-corrected chi connectivity index (χ2v) is 5.38. The Morgan fingerprint density at radius 3 is 2.00 bits per heavy atom. The van der Waals surface area contributed by atoms with E-state index in [-0.39, 0.29) is 23.7 Å². The van der Waals surface area contributed by atoms with E-state index in [0.29, 0.717) is 28.8 Å². The minimum atomic E-state index is -0.254. The van der Waals surface area contributed by atoms with Gasteiger partial charge in [-0.15, -0.1) is 0 Å². The van der Waals surface area contributed by atoms with Crippen LogP contribution >= 0.6 is 23.2 Å². The molecule has 0 aromatic heterocycles. The summed E-state index contributed by atoms with van der Waals surface area (Å²) in [6, 6.07) is 4.73. The van der Waals surface area contributed by atoms with Crippen molar-refractivity contribution in [1.29, 1.82) is 0 Å². The Kier molecular flexibility index (Phi) is 2.81. The maximum Gasteiger partial charge on any atom is 0.239 e. The summed E-state index contributed by atoms with van der Waals surface area (Å²) in [5.41, 5.74) is 0.455. The molecule has 0 unspecified atom stereocenters. The average molecular weight is 285 g/mol. The molecule has 0 saturated carbocycles. The summed E-state index contributed by atoms with van der Waals surface area (Å²) >= 11 is 11.8. The summed E-state index contributed by atoms with van der Waals surface area (Å²) in [5.74, 6) is -0.854. The zero-order valence-electron chi connectivity index (χ0n) is 9.32. The Labute approximate surface area is 114 Å². The van der Waals surface area contributed by atoms with Crippen molar-refractivity contribution in [3.8, 4) is 0 Å². The molecule has 2 fully saturated rings. The fourth-order valence-electron chi connectivity index (χ4n) is 2.56. The highest BCUT2D eigenvalue weighted by Crippen LogP contribution is 2.35. The van der Waals surface area contributed by atoms with Gasteiger partial charge in [0.25, 0.3) is 0 Å². The van der Waals surface area contributed by atoms with Gasteiger partial charge < -0.3 is 5.32 Å². The van der Waals surface area contributed by atoms with Gasteiger partial charge in [-0.2, -0.15) is 0 Å². The lowest BCUT2D eigenvalue weighted by molar-refractivity contribution is -0.122. The smallest absolute Gasteiger partial charge is 0.239 e. The van der Waals surface area contributed by atoms with Crippen LogP contribution in [0.3, 0.4) is 0 Å². The molecule has 0 spiro atoms. The molecule has 4 nitrogen and oxygen atoms in total. The Hall–Kier alpha value is -1.10. The maximum atomic E-state index is 12.2. The summed E-state index contributed by atoms with van der Waals surface area (Å²) in [5, 5.41) is 3.88. The molecule has 1 aromatic rings. The van der Waals surface area contributed by atoms with Crippen molar-refractivity contribution in [2.24, 2.45) is 11.8 Å². The lowest BCUT2D eigenvalue weighted by Gasteiger charge is -2.16. The first-order chi connectivity index (χ1) is 8.58. The van der Waals surface area contributed by atoms with E-state index in [2.05, 4.69) is 5.32 Å². The predicted molar refractivity (Wildman–Crippen MR) is 68.8 cm³/mol. The van der Waals surface area contributed by atoms with Crippen LogP contribution in [-0.4, -0.2) is 24.9 Å². The lowest BCUT2D eigenvalue weighted by Crippen LogP contribution is -2.34. The van der Waals surface area contributed by atoms with Gasteiger partial charge in [0.05, 0.1) is 17.5 Å². The van der Waals surface area contributed by atoms with Crippen molar-refractivity contribution in [3.05, 3.63) is 28.2 Å². The second-order valence-electron chi connectivity index (χ2n) is 4.51. The largest absolute Gasteiger partial charge is 0.315 e. The fourth-order valence-corrected chi connectivity index (χ4v) is 3.08. The Morgan fingerprint density at radius 1 is 1.00 bits per heavy atom. The molecule has 2 aliphatic heterocycles. The molecule has 2 atom stereocenters. The minimum Gasteiger partial charge on any atom is -0.315 e. The van der Waals surface area contributed by atoms with Gasteiger partial charge in [0.1, 0.15) is 0 Å². The van der Waals surface area contributed by atoms with Gasteiger partial charge in [-0.25, -0.2) is 4.90 Å². The van der Waals surface area contributed by atoms with Crippen molar-refractivity contribution in [1.82, 2.24) is 5.32 Å². The Balaban J connectivity index is 2.02. The molecule has 2 heterocycles. The predicted octanol–water partition coefficient (Wildman–Crippen LogP) is 1.70. The molecule has 0 bridgehead atoms. The van der Waals surface area contributed by atoms with E-state index in [1.54, 1.807) is 18.2 Å². The van der Waals surface area contributed by atoms with Crippen molar-refractivity contribution in [2.45, 2.75) is 0 Å². The van der Waals surface area contributed by atoms with Gasteiger partial charge in [-0.1, -0.05) is 23.2 Å². The van der Waals surface area contributed by atoms with Crippen molar-refractivity contribution in [2.75, 3.05) is 18.0 Å². The van der Waals surface area contributed by atoms with E-state index in [1.165, 1.54) is 4.90 Å². The number of hydrogen-bond donors (Lipinski definition) is 1. The first-order valence-electron chi connectivity index (χ1n) is 5.62. The Bertz CT molecular complexity index is 505. The van der Waals surface area contributed by atoms with Crippen LogP contribution in [0.1, 0.15) is 0 Å². The highest BCUT2D eigenvalue weighted by Gasteiger charge is 2.50. The number of carbonyl (C=O) groups excluding carboxylic acids is 2. The third kappa shape index (κ3) is 1.72. The third-order valence-corrected chi connectivity index (χ3v) is 3.83. The van der Waals surface area contributed by atoms with Gasteiger partial charge in [0.2, 0.25) is 11.8 Å². The van der Waals surface area contributed by atoms with Crippen LogP contribution in [0.25, 0.3) is 0 Å². The molecule has 2 saturated heterocycles. The van der Waals surface area contributed by atoms with Gasteiger partial charge in [0.15, 0.2) is 0 Å². The van der Waals surface area contributed by atoms with Crippen molar-refractivity contribution < 1.29 is 9.59 Å². The number of fused-ring (bicyclic) bond motifs is 1. The van der Waals surface area contributed by atoms with Crippen LogP contribution in [0.2, 0.25) is 10.0 Å².